The van der Waals surface area contributed by atoms with Crippen LogP contribution in [-0.4, -0.2) is 4.98 Å². The highest BCUT2D eigenvalue weighted by Crippen LogP contribution is 2.10. The lowest BCUT2D eigenvalue weighted by Crippen LogP contribution is -1.84. The van der Waals surface area contributed by atoms with Crippen LogP contribution < -0.4 is 0 Å². The lowest BCUT2D eigenvalue weighted by Gasteiger charge is -1.91. The second kappa shape index (κ2) is 2.43. The van der Waals surface area contributed by atoms with E-state index in [1.807, 2.05) is 0 Å². The minimum absolute atomic E-state index is 0.443. The number of halogens is 2. The summed E-state index contributed by atoms with van der Waals surface area (Å²) in [6, 6.07) is 3.08. The Morgan fingerprint density at radius 3 is 2.67 bits per heavy atom. The van der Waals surface area contributed by atoms with Crippen LogP contribution in [0.25, 0.3) is 0 Å². The van der Waals surface area contributed by atoms with Gasteiger partial charge in [-0.3, -0.25) is 0 Å². The summed E-state index contributed by atoms with van der Waals surface area (Å²) in [6.45, 7) is 1.74. The van der Waals surface area contributed by atoms with E-state index in [4.69, 9.17) is 0 Å². The number of aryl methyl sites for hydroxylation is 1. The highest BCUT2D eigenvalue weighted by atomic mass is 79.9. The van der Waals surface area contributed by atoms with Crippen LogP contribution in [0.15, 0.2) is 16.6 Å². The summed E-state index contributed by atoms with van der Waals surface area (Å²) < 4.78 is 13.0. The van der Waals surface area contributed by atoms with E-state index >= 15 is 0 Å². The molecule has 1 aromatic rings. The molecule has 0 bridgehead atoms. The maximum Gasteiger partial charge on any atom is 0.214 e. The number of hydrogen-bond donors (Lipinski definition) is 0. The predicted molar refractivity (Wildman–Crippen MR) is 36.6 cm³/mol. The third kappa shape index (κ3) is 1.75. The molecule has 0 N–H and O–H groups in total. The zero-order valence-electron chi connectivity index (χ0n) is 4.86. The van der Waals surface area contributed by atoms with Crippen LogP contribution >= 0.6 is 15.9 Å². The van der Waals surface area contributed by atoms with Crippen molar-refractivity contribution in [3.63, 3.8) is 0 Å². The molecule has 1 heterocycles. The Balaban J connectivity index is 3.17. The Morgan fingerprint density at radius 1 is 1.56 bits per heavy atom. The van der Waals surface area contributed by atoms with Gasteiger partial charge in [-0.2, -0.15) is 4.39 Å². The van der Waals surface area contributed by atoms with Crippen LogP contribution in [0, 0.1) is 12.9 Å². The quantitative estimate of drug-likeness (QED) is 0.572. The van der Waals surface area contributed by atoms with Crippen LogP contribution in [0.5, 0.6) is 0 Å². The minimum Gasteiger partial charge on any atom is -0.225 e. The molecule has 1 nitrogen and oxygen atoms in total. The number of rotatable bonds is 0. The van der Waals surface area contributed by atoms with E-state index in [1.54, 1.807) is 13.0 Å². The summed E-state index contributed by atoms with van der Waals surface area (Å²) >= 11 is 3.13. The average Bonchev–Trinajstić information content (AvgIpc) is 1.59. The summed E-state index contributed by atoms with van der Waals surface area (Å²) in [6.07, 6.45) is 0. The molecule has 0 aliphatic carbocycles. The predicted octanol–water partition coefficient (Wildman–Crippen LogP) is 2.29. The number of aromatic nitrogens is 1. The Hall–Kier alpha value is -0.440. The zero-order valence-corrected chi connectivity index (χ0v) is 6.44. The Kier molecular flexibility index (Phi) is 1.81. The molecule has 48 valence electrons. The molecule has 0 saturated carbocycles. The van der Waals surface area contributed by atoms with Gasteiger partial charge in [-0.1, -0.05) is 15.9 Å². The van der Waals surface area contributed by atoms with Gasteiger partial charge < -0.3 is 0 Å². The van der Waals surface area contributed by atoms with E-state index in [1.165, 1.54) is 6.07 Å². The van der Waals surface area contributed by atoms with E-state index in [2.05, 4.69) is 20.9 Å². The zero-order chi connectivity index (χ0) is 6.85. The van der Waals surface area contributed by atoms with Gasteiger partial charge >= 0.3 is 0 Å². The molecule has 0 saturated heterocycles. The van der Waals surface area contributed by atoms with E-state index < -0.39 is 5.95 Å². The molecule has 3 heteroatoms. The summed E-state index contributed by atoms with van der Waals surface area (Å²) in [5, 5.41) is 0. The lowest BCUT2D eigenvalue weighted by molar-refractivity contribution is 0.579. The van der Waals surface area contributed by atoms with Crippen molar-refractivity contribution in [3.05, 3.63) is 28.2 Å². The van der Waals surface area contributed by atoms with Crippen LogP contribution in [0.4, 0.5) is 4.39 Å². The van der Waals surface area contributed by atoms with Crippen molar-refractivity contribution < 1.29 is 4.39 Å². The molecule has 0 unspecified atom stereocenters. The van der Waals surface area contributed by atoms with Crippen LogP contribution in [0.2, 0.25) is 0 Å². The van der Waals surface area contributed by atoms with Crippen molar-refractivity contribution >= 4 is 15.9 Å². The van der Waals surface area contributed by atoms with Gasteiger partial charge in [0, 0.05) is 16.2 Å². The fourth-order valence-corrected chi connectivity index (χ4v) is 1.11. The highest BCUT2D eigenvalue weighted by molar-refractivity contribution is 9.10. The summed E-state index contributed by atoms with van der Waals surface area (Å²) in [5.41, 5.74) is 0.682. The van der Waals surface area contributed by atoms with Crippen molar-refractivity contribution in [2.24, 2.45) is 0 Å². The summed E-state index contributed by atoms with van der Waals surface area (Å²) in [5.74, 6) is -0.443. The maximum atomic E-state index is 12.3. The molecule has 9 heavy (non-hydrogen) atoms. The van der Waals surface area contributed by atoms with Gasteiger partial charge in [-0.25, -0.2) is 4.98 Å². The third-order valence-corrected chi connectivity index (χ3v) is 1.34. The van der Waals surface area contributed by atoms with Crippen molar-refractivity contribution in [2.45, 2.75) is 6.92 Å². The molecule has 1 rings (SSSR count). The summed E-state index contributed by atoms with van der Waals surface area (Å²) in [7, 11) is 0. The molecule has 1 aromatic heterocycles. The first-order valence-corrected chi connectivity index (χ1v) is 3.27. The van der Waals surface area contributed by atoms with Crippen molar-refractivity contribution in [2.75, 3.05) is 0 Å². The standard InChI is InChI=1S/C6H5BrFN/c1-4-2-5(7)3-6(8)9-4/h2-3H,1H3. The molecule has 0 aromatic carbocycles. The highest BCUT2D eigenvalue weighted by Gasteiger charge is 1.93. The number of hydrogen-bond acceptors (Lipinski definition) is 1. The van der Waals surface area contributed by atoms with Crippen molar-refractivity contribution in [1.29, 1.82) is 0 Å². The van der Waals surface area contributed by atoms with Gasteiger partial charge in [-0.15, -0.1) is 0 Å². The lowest BCUT2D eigenvalue weighted by atomic mass is 10.4. The van der Waals surface area contributed by atoms with Crippen LogP contribution in [-0.2, 0) is 0 Å². The molecule has 0 amide bonds. The third-order valence-electron chi connectivity index (χ3n) is 0.887. The van der Waals surface area contributed by atoms with Gasteiger partial charge in [0.25, 0.3) is 0 Å². The smallest absolute Gasteiger partial charge is 0.214 e. The molecule has 0 atom stereocenters. The van der Waals surface area contributed by atoms with E-state index in [-0.39, 0.29) is 0 Å². The SMILES string of the molecule is Cc1cc(Br)cc(F)n1. The summed E-state index contributed by atoms with van der Waals surface area (Å²) in [4.78, 5) is 3.54. The van der Waals surface area contributed by atoms with Crippen LogP contribution in [0.1, 0.15) is 5.69 Å². The first kappa shape index (κ1) is 6.68. The second-order valence-corrected chi connectivity index (χ2v) is 2.67. The van der Waals surface area contributed by atoms with E-state index in [9.17, 15) is 4.39 Å². The van der Waals surface area contributed by atoms with Gasteiger partial charge in [-0.05, 0) is 13.0 Å². The average molecular weight is 190 g/mol. The first-order valence-electron chi connectivity index (χ1n) is 2.48. The van der Waals surface area contributed by atoms with Gasteiger partial charge in [0.1, 0.15) is 0 Å². The normalized spacial score (nSPS) is 9.67. The minimum atomic E-state index is -0.443. The molecule has 0 radical (unpaired) electrons. The van der Waals surface area contributed by atoms with Gasteiger partial charge in [0.15, 0.2) is 0 Å². The largest absolute Gasteiger partial charge is 0.225 e. The van der Waals surface area contributed by atoms with Gasteiger partial charge in [0.2, 0.25) is 5.95 Å². The second-order valence-electron chi connectivity index (χ2n) is 1.75. The molecule has 0 aliphatic rings. The van der Waals surface area contributed by atoms with Crippen molar-refractivity contribution in [3.8, 4) is 0 Å². The molecular formula is C6H5BrFN. The molecular weight excluding hydrogens is 185 g/mol. The monoisotopic (exact) mass is 189 g/mol. The Bertz CT molecular complexity index is 174. The fourth-order valence-electron chi connectivity index (χ4n) is 0.588. The first-order chi connectivity index (χ1) is 4.18. The molecule has 0 fully saturated rings. The van der Waals surface area contributed by atoms with E-state index in [0.29, 0.717) is 5.69 Å². The topological polar surface area (TPSA) is 12.9 Å². The Morgan fingerprint density at radius 2 is 2.22 bits per heavy atom. The maximum absolute atomic E-state index is 12.3. The van der Waals surface area contributed by atoms with Gasteiger partial charge in [0.05, 0.1) is 0 Å². The van der Waals surface area contributed by atoms with Crippen molar-refractivity contribution in [1.82, 2.24) is 4.98 Å². The Labute approximate surface area is 61.0 Å². The molecule has 0 spiro atoms. The number of pyridine rings is 1. The fraction of sp³-hybridized carbons (Fsp3) is 0.167. The van der Waals surface area contributed by atoms with E-state index in [0.717, 1.165) is 4.47 Å². The molecule has 0 aliphatic heterocycles. The number of nitrogens with zero attached hydrogens (tertiary/aromatic N) is 1. The van der Waals surface area contributed by atoms with Crippen LogP contribution in [0.3, 0.4) is 0 Å².